The molecule has 0 spiro atoms. The molecule has 1 aliphatic heterocycles. The van der Waals surface area contributed by atoms with Gasteiger partial charge in [0, 0.05) is 20.1 Å². The summed E-state index contributed by atoms with van der Waals surface area (Å²) < 4.78 is 1.44. The van der Waals surface area contributed by atoms with Gasteiger partial charge in [-0.3, -0.25) is 5.32 Å². The number of urea groups is 1. The first kappa shape index (κ1) is 17.1. The van der Waals surface area contributed by atoms with Gasteiger partial charge in [-0.15, -0.1) is 0 Å². The lowest BCUT2D eigenvalue weighted by Gasteiger charge is -2.33. The zero-order valence-corrected chi connectivity index (χ0v) is 14.9. The van der Waals surface area contributed by atoms with E-state index in [1.807, 2.05) is 4.90 Å². The highest BCUT2D eigenvalue weighted by molar-refractivity contribution is 5.87. The van der Waals surface area contributed by atoms with Crippen molar-refractivity contribution >= 4 is 18.1 Å². The van der Waals surface area contributed by atoms with Crippen molar-refractivity contribution in [2.45, 2.75) is 26.7 Å². The third-order valence-electron chi connectivity index (χ3n) is 4.64. The molecule has 7 nitrogen and oxygen atoms in total. The average Bonchev–Trinajstić information content (AvgIpc) is 3.01. The highest BCUT2D eigenvalue weighted by Crippen LogP contribution is 2.25. The number of hydrogen-bond acceptors (Lipinski definition) is 4. The molecule has 0 bridgehead atoms. The second-order valence-electron chi connectivity index (χ2n) is 6.47. The molecule has 2 heterocycles. The van der Waals surface area contributed by atoms with Crippen LogP contribution in [-0.2, 0) is 13.5 Å². The number of hydrogen-bond donors (Lipinski definition) is 1. The number of nitrogens with zero attached hydrogens (tertiary/aromatic N) is 5. The van der Waals surface area contributed by atoms with Gasteiger partial charge in [0.2, 0.25) is 0 Å². The number of likely N-dealkylation sites (tertiary alicyclic amines) is 1. The maximum atomic E-state index is 12.4. The smallest absolute Gasteiger partial charge is 0.324 e. The molecule has 0 radical (unpaired) electrons. The van der Waals surface area contributed by atoms with Crippen molar-refractivity contribution < 1.29 is 4.79 Å². The van der Waals surface area contributed by atoms with Crippen molar-refractivity contribution in [3.05, 3.63) is 41.0 Å². The fourth-order valence-corrected chi connectivity index (χ4v) is 3.08. The molecule has 1 aliphatic rings. The Morgan fingerprint density at radius 3 is 2.96 bits per heavy atom. The molecule has 25 heavy (non-hydrogen) atoms. The predicted octanol–water partition coefficient (Wildman–Crippen LogP) is 2.73. The number of piperidine rings is 1. The number of benzene rings is 1. The van der Waals surface area contributed by atoms with Crippen LogP contribution in [0, 0.1) is 5.92 Å². The van der Waals surface area contributed by atoms with E-state index in [2.05, 4.69) is 65.0 Å². The van der Waals surface area contributed by atoms with E-state index in [0.29, 0.717) is 25.0 Å². The van der Waals surface area contributed by atoms with E-state index >= 15 is 0 Å². The van der Waals surface area contributed by atoms with Crippen LogP contribution in [0.4, 0.5) is 10.7 Å². The quantitative estimate of drug-likeness (QED) is 0.932. The summed E-state index contributed by atoms with van der Waals surface area (Å²) in [5, 5.41) is 13.8. The third kappa shape index (κ3) is 4.04. The monoisotopic (exact) mass is 340 g/mol. The Bertz CT molecular complexity index is 781. The number of nitrogens with one attached hydrogen (secondary N) is 1. The third-order valence-corrected chi connectivity index (χ3v) is 4.64. The summed E-state index contributed by atoms with van der Waals surface area (Å²) in [6.45, 7) is 5.72. The standard InChI is InChI=1S/C18H24N6O/c1-4-14-6-5-7-15(10-14)11-16-8-9-24(12-13(16)2)18(25)19-17-20-21-22-23(17)3/h5-7,10-11,13H,4,8-9,12H2,1-3H3,(H,19,20,22,25)/b16-11+. The maximum Gasteiger partial charge on any atom is 0.324 e. The Balaban J connectivity index is 1.64. The first-order valence-electron chi connectivity index (χ1n) is 8.64. The van der Waals surface area contributed by atoms with E-state index in [0.717, 1.165) is 12.8 Å². The zero-order valence-electron chi connectivity index (χ0n) is 14.9. The van der Waals surface area contributed by atoms with Gasteiger partial charge in [0.05, 0.1) is 0 Å². The lowest BCUT2D eigenvalue weighted by Crippen LogP contribution is -2.42. The van der Waals surface area contributed by atoms with Crippen LogP contribution in [0.2, 0.25) is 0 Å². The van der Waals surface area contributed by atoms with E-state index in [4.69, 9.17) is 0 Å². The molecular formula is C18H24N6O. The normalized spacial score (nSPS) is 19.2. The molecule has 0 saturated carbocycles. The Hall–Kier alpha value is -2.70. The van der Waals surface area contributed by atoms with Crippen LogP contribution in [-0.4, -0.2) is 44.2 Å². The molecule has 1 unspecified atom stereocenters. The minimum Gasteiger partial charge on any atom is -0.324 e. The van der Waals surface area contributed by atoms with Crippen molar-refractivity contribution in [3.63, 3.8) is 0 Å². The number of anilines is 1. The average molecular weight is 340 g/mol. The van der Waals surface area contributed by atoms with Gasteiger partial charge >= 0.3 is 6.03 Å². The van der Waals surface area contributed by atoms with E-state index in [9.17, 15) is 4.79 Å². The second kappa shape index (κ2) is 7.46. The van der Waals surface area contributed by atoms with Crippen molar-refractivity contribution in [3.8, 4) is 0 Å². The van der Waals surface area contributed by atoms with Gasteiger partial charge in [-0.05, 0) is 40.3 Å². The fraction of sp³-hybridized carbons (Fsp3) is 0.444. The fourth-order valence-electron chi connectivity index (χ4n) is 3.08. The number of aryl methyl sites for hydroxylation is 2. The van der Waals surface area contributed by atoms with Crippen molar-refractivity contribution in [1.29, 1.82) is 0 Å². The summed E-state index contributed by atoms with van der Waals surface area (Å²) >= 11 is 0. The van der Waals surface area contributed by atoms with Gasteiger partial charge in [0.25, 0.3) is 5.95 Å². The number of rotatable bonds is 3. The van der Waals surface area contributed by atoms with Crippen LogP contribution in [0.5, 0.6) is 0 Å². The van der Waals surface area contributed by atoms with E-state index in [1.165, 1.54) is 21.4 Å². The maximum absolute atomic E-state index is 12.4. The highest BCUT2D eigenvalue weighted by atomic mass is 16.2. The van der Waals surface area contributed by atoms with Crippen molar-refractivity contribution in [2.24, 2.45) is 13.0 Å². The lowest BCUT2D eigenvalue weighted by atomic mass is 9.91. The Labute approximate surface area is 147 Å². The molecule has 2 aromatic rings. The van der Waals surface area contributed by atoms with Crippen molar-refractivity contribution in [1.82, 2.24) is 25.1 Å². The second-order valence-corrected chi connectivity index (χ2v) is 6.47. The summed E-state index contributed by atoms with van der Waals surface area (Å²) in [4.78, 5) is 14.2. The van der Waals surface area contributed by atoms with Crippen molar-refractivity contribution in [2.75, 3.05) is 18.4 Å². The van der Waals surface area contributed by atoms with Crippen LogP contribution in [0.3, 0.4) is 0 Å². The van der Waals surface area contributed by atoms with E-state index in [1.54, 1.807) is 7.05 Å². The highest BCUT2D eigenvalue weighted by Gasteiger charge is 2.25. The minimum absolute atomic E-state index is 0.156. The van der Waals surface area contributed by atoms with Crippen LogP contribution in [0.15, 0.2) is 29.8 Å². The molecular weight excluding hydrogens is 316 g/mol. The van der Waals surface area contributed by atoms with Gasteiger partial charge < -0.3 is 4.90 Å². The summed E-state index contributed by atoms with van der Waals surface area (Å²) in [5.41, 5.74) is 3.97. The van der Waals surface area contributed by atoms with Crippen LogP contribution < -0.4 is 5.32 Å². The Morgan fingerprint density at radius 2 is 2.28 bits per heavy atom. The van der Waals surface area contributed by atoms with Crippen LogP contribution in [0.1, 0.15) is 31.4 Å². The zero-order chi connectivity index (χ0) is 17.8. The molecule has 1 fully saturated rings. The lowest BCUT2D eigenvalue weighted by molar-refractivity contribution is 0.197. The summed E-state index contributed by atoms with van der Waals surface area (Å²) in [6, 6.07) is 8.48. The number of amides is 2. The molecule has 0 aliphatic carbocycles. The molecule has 3 rings (SSSR count). The van der Waals surface area contributed by atoms with E-state index in [-0.39, 0.29) is 6.03 Å². The molecule has 2 amide bonds. The van der Waals surface area contributed by atoms with Crippen LogP contribution in [0.25, 0.3) is 6.08 Å². The minimum atomic E-state index is -0.156. The summed E-state index contributed by atoms with van der Waals surface area (Å²) in [6.07, 6.45) is 4.19. The number of carbonyl (C=O) groups is 1. The largest absolute Gasteiger partial charge is 0.324 e. The van der Waals surface area contributed by atoms with Gasteiger partial charge in [-0.1, -0.05) is 54.9 Å². The SMILES string of the molecule is CCc1cccc(/C=C2\CCN(C(=O)Nc3nnnn3C)CC2C)c1. The summed E-state index contributed by atoms with van der Waals surface area (Å²) in [7, 11) is 1.69. The molecule has 1 N–H and O–H groups in total. The van der Waals surface area contributed by atoms with Gasteiger partial charge in [0.15, 0.2) is 0 Å². The Kier molecular flexibility index (Phi) is 5.11. The molecule has 132 valence electrons. The van der Waals surface area contributed by atoms with Gasteiger partial charge in [-0.25, -0.2) is 9.48 Å². The van der Waals surface area contributed by atoms with Gasteiger partial charge in [-0.2, -0.15) is 0 Å². The number of carbonyl (C=O) groups excluding carboxylic acids is 1. The molecule has 1 aromatic carbocycles. The Morgan fingerprint density at radius 1 is 1.44 bits per heavy atom. The van der Waals surface area contributed by atoms with E-state index < -0.39 is 0 Å². The number of aromatic nitrogens is 4. The molecule has 7 heteroatoms. The number of tetrazole rings is 1. The first-order valence-corrected chi connectivity index (χ1v) is 8.64. The topological polar surface area (TPSA) is 75.9 Å². The first-order chi connectivity index (χ1) is 12.1. The predicted molar refractivity (Wildman–Crippen MR) is 97.0 cm³/mol. The molecule has 1 saturated heterocycles. The van der Waals surface area contributed by atoms with Crippen LogP contribution >= 0.6 is 0 Å². The molecule has 1 atom stereocenters. The summed E-state index contributed by atoms with van der Waals surface area (Å²) in [5.74, 6) is 0.678. The molecule has 1 aromatic heterocycles. The van der Waals surface area contributed by atoms with Gasteiger partial charge in [0.1, 0.15) is 0 Å².